The number of anilines is 1. The van der Waals surface area contributed by atoms with Gasteiger partial charge in [0.25, 0.3) is 0 Å². The van der Waals surface area contributed by atoms with E-state index in [4.69, 9.17) is 4.74 Å². The van der Waals surface area contributed by atoms with E-state index >= 15 is 0 Å². The highest BCUT2D eigenvalue weighted by atomic mass is 32.2. The van der Waals surface area contributed by atoms with Crippen LogP contribution < -0.4 is 10.1 Å². The third kappa shape index (κ3) is 5.78. The molecule has 28 heavy (non-hydrogen) atoms. The fraction of sp³-hybridized carbons (Fsp3) is 0.600. The number of benzene rings is 1. The zero-order valence-electron chi connectivity index (χ0n) is 16.4. The molecule has 0 radical (unpaired) electrons. The molecule has 1 aliphatic heterocycles. The molecule has 0 aromatic heterocycles. The Bertz CT molecular complexity index is 696. The van der Waals surface area contributed by atoms with Gasteiger partial charge >= 0.3 is 0 Å². The third-order valence-corrected chi connectivity index (χ3v) is 6.61. The van der Waals surface area contributed by atoms with Crippen molar-refractivity contribution >= 4 is 28.3 Å². The minimum atomic E-state index is -1.51. The van der Waals surface area contributed by atoms with Crippen molar-refractivity contribution in [2.45, 2.75) is 31.7 Å². The van der Waals surface area contributed by atoms with Crippen LogP contribution in [0, 0.1) is 0 Å². The quantitative estimate of drug-likeness (QED) is 0.741. The second-order valence-corrected chi connectivity index (χ2v) is 8.82. The predicted octanol–water partition coefficient (Wildman–Crippen LogP) is 1.47. The number of carbonyl (C=O) groups excluding carboxylic acids is 2. The minimum Gasteiger partial charge on any atom is -0.497 e. The Hall–Kier alpha value is -1.93. The van der Waals surface area contributed by atoms with Crippen LogP contribution in [0.4, 0.5) is 5.69 Å². The first-order valence-corrected chi connectivity index (χ1v) is 11.3. The maximum atomic E-state index is 12.4. The summed E-state index contributed by atoms with van der Waals surface area (Å²) in [5, 5.41) is 2.69. The fourth-order valence-corrected chi connectivity index (χ4v) is 4.83. The first kappa shape index (κ1) is 20.8. The monoisotopic (exact) mass is 407 g/mol. The van der Waals surface area contributed by atoms with E-state index in [9.17, 15) is 13.8 Å². The first-order chi connectivity index (χ1) is 13.5. The molecule has 1 aliphatic carbocycles. The van der Waals surface area contributed by atoms with E-state index in [1.54, 1.807) is 36.3 Å². The number of methoxy groups -OCH3 is 1. The molecule has 1 saturated carbocycles. The number of hydrogen-bond donors (Lipinski definition) is 1. The van der Waals surface area contributed by atoms with Gasteiger partial charge in [-0.05, 0) is 37.1 Å². The maximum Gasteiger partial charge on any atom is 0.237 e. The van der Waals surface area contributed by atoms with Crippen molar-refractivity contribution in [2.75, 3.05) is 50.1 Å². The molecule has 1 N–H and O–H groups in total. The van der Waals surface area contributed by atoms with Gasteiger partial charge in [-0.25, -0.2) is 0 Å². The molecule has 3 rings (SSSR count). The van der Waals surface area contributed by atoms with Crippen molar-refractivity contribution < 1.29 is 18.5 Å². The second kappa shape index (κ2) is 10.0. The fourth-order valence-electron chi connectivity index (χ4n) is 3.90. The molecule has 1 saturated heterocycles. The highest BCUT2D eigenvalue weighted by molar-refractivity contribution is 7.86. The van der Waals surface area contributed by atoms with Gasteiger partial charge in [-0.15, -0.1) is 0 Å². The van der Waals surface area contributed by atoms with Crippen LogP contribution in [-0.4, -0.2) is 76.7 Å². The number of nitrogens with zero attached hydrogens (tertiary/aromatic N) is 2. The van der Waals surface area contributed by atoms with Crippen LogP contribution in [0.25, 0.3) is 0 Å². The Labute approximate surface area is 168 Å². The molecule has 0 spiro atoms. The van der Waals surface area contributed by atoms with E-state index in [0.717, 1.165) is 13.1 Å². The number of nitrogens with one attached hydrogen (secondary N) is 1. The summed E-state index contributed by atoms with van der Waals surface area (Å²) in [5.74, 6) is -0.0663. The normalized spacial score (nSPS) is 19.4. The summed E-state index contributed by atoms with van der Waals surface area (Å²) in [4.78, 5) is 28.7. The van der Waals surface area contributed by atoms with E-state index in [0.29, 0.717) is 30.6 Å². The number of piperazine rings is 1. The van der Waals surface area contributed by atoms with Crippen molar-refractivity contribution in [2.24, 2.45) is 0 Å². The summed E-state index contributed by atoms with van der Waals surface area (Å²) in [6, 6.07) is 7.58. The lowest BCUT2D eigenvalue weighted by Crippen LogP contribution is -2.52. The molecule has 2 fully saturated rings. The lowest BCUT2D eigenvalue weighted by Gasteiger charge is -2.38. The summed E-state index contributed by atoms with van der Waals surface area (Å²) in [7, 11) is 0.0579. The average Bonchev–Trinajstić information content (AvgIpc) is 3.23. The Kier molecular flexibility index (Phi) is 7.44. The molecule has 8 heteroatoms. The summed E-state index contributed by atoms with van der Waals surface area (Å²) < 4.78 is 17.3. The van der Waals surface area contributed by atoms with Gasteiger partial charge in [-0.3, -0.25) is 18.7 Å². The summed E-state index contributed by atoms with van der Waals surface area (Å²) in [6.07, 6.45) is 5.14. The SMILES string of the molecule is COc1ccc(NC(=O)C[S@@](=O)CC(=O)N2CCN(C3CCCC3)CC2)cc1. The van der Waals surface area contributed by atoms with Gasteiger partial charge in [0.1, 0.15) is 17.3 Å². The maximum absolute atomic E-state index is 12.4. The Morgan fingerprint density at radius 2 is 1.71 bits per heavy atom. The largest absolute Gasteiger partial charge is 0.497 e. The van der Waals surface area contributed by atoms with Crippen LogP contribution in [0.15, 0.2) is 24.3 Å². The zero-order valence-corrected chi connectivity index (χ0v) is 17.2. The lowest BCUT2D eigenvalue weighted by molar-refractivity contribution is -0.130. The molecule has 7 nitrogen and oxygen atoms in total. The van der Waals surface area contributed by atoms with Crippen LogP contribution in [0.2, 0.25) is 0 Å². The minimum absolute atomic E-state index is 0.0978. The molecule has 154 valence electrons. The molecule has 1 aromatic rings. The number of carbonyl (C=O) groups is 2. The van der Waals surface area contributed by atoms with Crippen molar-refractivity contribution in [3.05, 3.63) is 24.3 Å². The Morgan fingerprint density at radius 3 is 2.32 bits per heavy atom. The number of ether oxygens (including phenoxy) is 1. The van der Waals surface area contributed by atoms with Crippen LogP contribution >= 0.6 is 0 Å². The molecular weight excluding hydrogens is 378 g/mol. The number of hydrogen-bond acceptors (Lipinski definition) is 5. The molecule has 0 unspecified atom stereocenters. The molecule has 1 aromatic carbocycles. The smallest absolute Gasteiger partial charge is 0.237 e. The predicted molar refractivity (Wildman–Crippen MR) is 110 cm³/mol. The molecule has 2 amide bonds. The second-order valence-electron chi connectivity index (χ2n) is 7.36. The topological polar surface area (TPSA) is 78.9 Å². The van der Waals surface area contributed by atoms with Crippen LogP contribution in [-0.2, 0) is 20.4 Å². The summed E-state index contributed by atoms with van der Waals surface area (Å²) >= 11 is 0. The van der Waals surface area contributed by atoms with Gasteiger partial charge in [0, 0.05) is 48.7 Å². The summed E-state index contributed by atoms with van der Waals surface area (Å²) in [6.45, 7) is 3.15. The van der Waals surface area contributed by atoms with Crippen LogP contribution in [0.1, 0.15) is 25.7 Å². The molecule has 1 heterocycles. The molecule has 2 aliphatic rings. The molecule has 1 atom stereocenters. The van der Waals surface area contributed by atoms with Gasteiger partial charge in [-0.1, -0.05) is 12.8 Å². The van der Waals surface area contributed by atoms with E-state index in [-0.39, 0.29) is 23.3 Å². The van der Waals surface area contributed by atoms with E-state index < -0.39 is 10.8 Å². The summed E-state index contributed by atoms with van der Waals surface area (Å²) in [5.41, 5.74) is 0.608. The van der Waals surface area contributed by atoms with Crippen molar-refractivity contribution in [3.63, 3.8) is 0 Å². The van der Waals surface area contributed by atoms with Crippen LogP contribution in [0.5, 0.6) is 5.75 Å². The molecule has 0 bridgehead atoms. The van der Waals surface area contributed by atoms with Crippen molar-refractivity contribution in [1.29, 1.82) is 0 Å². The highest BCUT2D eigenvalue weighted by Crippen LogP contribution is 2.24. The van der Waals surface area contributed by atoms with E-state index in [2.05, 4.69) is 10.2 Å². The number of rotatable bonds is 7. The van der Waals surface area contributed by atoms with E-state index in [1.807, 2.05) is 0 Å². The Morgan fingerprint density at radius 1 is 1.07 bits per heavy atom. The van der Waals surface area contributed by atoms with Gasteiger partial charge < -0.3 is 15.0 Å². The standard InChI is InChI=1S/C20H29N3O4S/c1-27-18-8-6-16(7-9-18)21-19(24)14-28(26)15-20(25)23-12-10-22(11-13-23)17-4-2-3-5-17/h6-9,17H,2-5,10-15H2,1H3,(H,21,24)/t28-/m1/s1. The number of amides is 2. The van der Waals surface area contributed by atoms with Crippen molar-refractivity contribution in [1.82, 2.24) is 9.80 Å². The van der Waals surface area contributed by atoms with E-state index in [1.165, 1.54) is 25.7 Å². The zero-order chi connectivity index (χ0) is 19.9. The molecular formula is C20H29N3O4S. The van der Waals surface area contributed by atoms with Gasteiger partial charge in [0.2, 0.25) is 11.8 Å². The van der Waals surface area contributed by atoms with Gasteiger partial charge in [0.05, 0.1) is 7.11 Å². The van der Waals surface area contributed by atoms with Crippen molar-refractivity contribution in [3.8, 4) is 5.75 Å². The lowest BCUT2D eigenvalue weighted by atomic mass is 10.2. The first-order valence-electron chi connectivity index (χ1n) is 9.86. The Balaban J connectivity index is 1.39. The average molecular weight is 408 g/mol. The van der Waals surface area contributed by atoms with Crippen LogP contribution in [0.3, 0.4) is 0 Å². The van der Waals surface area contributed by atoms with Gasteiger partial charge in [-0.2, -0.15) is 0 Å². The van der Waals surface area contributed by atoms with Gasteiger partial charge in [0.15, 0.2) is 0 Å². The highest BCUT2D eigenvalue weighted by Gasteiger charge is 2.28. The third-order valence-electron chi connectivity index (χ3n) is 5.46.